The van der Waals surface area contributed by atoms with Crippen LogP contribution in [-0.4, -0.2) is 15.0 Å². The fourth-order valence-electron chi connectivity index (χ4n) is 7.02. The van der Waals surface area contributed by atoms with Crippen LogP contribution in [0.4, 0.5) is 0 Å². The van der Waals surface area contributed by atoms with Gasteiger partial charge in [0.05, 0.1) is 11.4 Å². The number of furan rings is 2. The number of benzene rings is 6. The largest absolute Gasteiger partial charge is 0.456 e. The molecule has 10 aromatic rings. The molecular formula is C45H27N3O2. The lowest BCUT2D eigenvalue weighted by Gasteiger charge is -2.12. The summed E-state index contributed by atoms with van der Waals surface area (Å²) in [5.74, 6) is 0.651. The van der Waals surface area contributed by atoms with Gasteiger partial charge in [0.25, 0.3) is 0 Å². The van der Waals surface area contributed by atoms with E-state index in [1.54, 1.807) is 0 Å². The molecule has 0 saturated heterocycles. The molecular weight excluding hydrogens is 615 g/mol. The van der Waals surface area contributed by atoms with Gasteiger partial charge >= 0.3 is 0 Å². The standard InChI is InChI=1S/C45H27N3O2/c1-2-9-29(10-3-1)45-47-38(32-12-8-11-30(25-32)28-21-23-46-24-22-28)27-39(48-45)35-19-18-33(43-36-14-5-7-16-41(36)50-44(35)43)31-17-20-42-37(26-31)34-13-4-6-15-40(34)49-42/h1-27H. The number of para-hydroxylation sites is 2. The monoisotopic (exact) mass is 641 g/mol. The summed E-state index contributed by atoms with van der Waals surface area (Å²) in [5.41, 5.74) is 12.2. The second kappa shape index (κ2) is 11.4. The molecule has 0 spiro atoms. The number of hydrogen-bond acceptors (Lipinski definition) is 5. The predicted molar refractivity (Wildman–Crippen MR) is 202 cm³/mol. The topological polar surface area (TPSA) is 65.0 Å². The smallest absolute Gasteiger partial charge is 0.160 e. The lowest BCUT2D eigenvalue weighted by atomic mass is 9.94. The average Bonchev–Trinajstić information content (AvgIpc) is 3.77. The molecule has 0 radical (unpaired) electrons. The van der Waals surface area contributed by atoms with Gasteiger partial charge in [-0.3, -0.25) is 4.98 Å². The number of pyridine rings is 1. The van der Waals surface area contributed by atoms with Crippen molar-refractivity contribution < 1.29 is 8.83 Å². The maximum absolute atomic E-state index is 6.73. The molecule has 0 unspecified atom stereocenters. The Bertz CT molecular complexity index is 2870. The van der Waals surface area contributed by atoms with Crippen LogP contribution in [-0.2, 0) is 0 Å². The summed E-state index contributed by atoms with van der Waals surface area (Å²) in [4.78, 5) is 14.5. The van der Waals surface area contributed by atoms with Gasteiger partial charge < -0.3 is 8.83 Å². The Morgan fingerprint density at radius 2 is 1.06 bits per heavy atom. The molecule has 0 bridgehead atoms. The molecule has 50 heavy (non-hydrogen) atoms. The zero-order chi connectivity index (χ0) is 33.0. The molecule has 0 N–H and O–H groups in total. The Balaban J connectivity index is 1.20. The second-order valence-electron chi connectivity index (χ2n) is 12.4. The van der Waals surface area contributed by atoms with Crippen molar-refractivity contribution in [2.75, 3.05) is 0 Å². The van der Waals surface area contributed by atoms with E-state index in [0.29, 0.717) is 5.82 Å². The van der Waals surface area contributed by atoms with E-state index in [0.717, 1.165) is 94.2 Å². The van der Waals surface area contributed by atoms with E-state index in [9.17, 15) is 0 Å². The van der Waals surface area contributed by atoms with Gasteiger partial charge in [0.1, 0.15) is 22.3 Å². The zero-order valence-electron chi connectivity index (χ0n) is 26.7. The van der Waals surface area contributed by atoms with Crippen LogP contribution >= 0.6 is 0 Å². The molecule has 0 amide bonds. The third-order valence-corrected chi connectivity index (χ3v) is 9.42. The van der Waals surface area contributed by atoms with E-state index in [4.69, 9.17) is 18.8 Å². The number of nitrogens with zero attached hydrogens (tertiary/aromatic N) is 3. The highest BCUT2D eigenvalue weighted by Gasteiger charge is 2.20. The van der Waals surface area contributed by atoms with Crippen LogP contribution in [0, 0.1) is 0 Å². The highest BCUT2D eigenvalue weighted by atomic mass is 16.3. The lowest BCUT2D eigenvalue weighted by Crippen LogP contribution is -1.96. The SMILES string of the molecule is c1ccc(-c2nc(-c3cccc(-c4ccncc4)c3)cc(-c3ccc(-c4ccc5oc6ccccc6c5c4)c4c3oc3ccccc34)n2)cc1. The molecule has 5 nitrogen and oxygen atoms in total. The van der Waals surface area contributed by atoms with Crippen LogP contribution in [0.5, 0.6) is 0 Å². The maximum atomic E-state index is 6.73. The number of rotatable bonds is 5. The van der Waals surface area contributed by atoms with Gasteiger partial charge in [0.15, 0.2) is 5.82 Å². The Morgan fingerprint density at radius 1 is 0.380 bits per heavy atom. The van der Waals surface area contributed by atoms with Gasteiger partial charge in [0, 0.05) is 50.6 Å². The summed E-state index contributed by atoms with van der Waals surface area (Å²) >= 11 is 0. The summed E-state index contributed by atoms with van der Waals surface area (Å²) in [7, 11) is 0. The zero-order valence-corrected chi connectivity index (χ0v) is 26.7. The molecule has 4 heterocycles. The van der Waals surface area contributed by atoms with Crippen LogP contribution in [0.1, 0.15) is 0 Å². The molecule has 0 aliphatic carbocycles. The second-order valence-corrected chi connectivity index (χ2v) is 12.4. The first-order chi connectivity index (χ1) is 24.8. The number of fused-ring (bicyclic) bond motifs is 6. The minimum Gasteiger partial charge on any atom is -0.456 e. The molecule has 0 aliphatic heterocycles. The van der Waals surface area contributed by atoms with Crippen molar-refractivity contribution in [1.29, 1.82) is 0 Å². The van der Waals surface area contributed by atoms with E-state index in [-0.39, 0.29) is 0 Å². The summed E-state index contributed by atoms with van der Waals surface area (Å²) in [5, 5.41) is 4.29. The average molecular weight is 642 g/mol. The quantitative estimate of drug-likeness (QED) is 0.187. The molecule has 6 aromatic carbocycles. The van der Waals surface area contributed by atoms with Crippen molar-refractivity contribution >= 4 is 43.9 Å². The summed E-state index contributed by atoms with van der Waals surface area (Å²) < 4.78 is 12.9. The Morgan fingerprint density at radius 3 is 1.92 bits per heavy atom. The van der Waals surface area contributed by atoms with Gasteiger partial charge in [-0.05, 0) is 76.9 Å². The normalized spacial score (nSPS) is 11.6. The number of hydrogen-bond donors (Lipinski definition) is 0. The molecule has 0 aliphatic rings. The van der Waals surface area contributed by atoms with Crippen molar-refractivity contribution in [3.05, 3.63) is 164 Å². The van der Waals surface area contributed by atoms with Crippen molar-refractivity contribution in [3.63, 3.8) is 0 Å². The Hall–Kier alpha value is -6.85. The Kier molecular flexibility index (Phi) is 6.42. The molecule has 234 valence electrons. The first-order valence-electron chi connectivity index (χ1n) is 16.6. The van der Waals surface area contributed by atoms with Gasteiger partial charge in [-0.1, -0.05) is 97.1 Å². The van der Waals surface area contributed by atoms with Gasteiger partial charge in [0.2, 0.25) is 0 Å². The summed E-state index contributed by atoms with van der Waals surface area (Å²) in [6.45, 7) is 0. The third kappa shape index (κ3) is 4.67. The van der Waals surface area contributed by atoms with Crippen LogP contribution in [0.25, 0.3) is 100 Å². The van der Waals surface area contributed by atoms with Crippen LogP contribution in [0.3, 0.4) is 0 Å². The van der Waals surface area contributed by atoms with Crippen LogP contribution in [0.2, 0.25) is 0 Å². The molecule has 4 aromatic heterocycles. The number of aromatic nitrogens is 3. The van der Waals surface area contributed by atoms with E-state index < -0.39 is 0 Å². The predicted octanol–water partition coefficient (Wildman–Crippen LogP) is 12.0. The molecule has 10 rings (SSSR count). The highest BCUT2D eigenvalue weighted by Crippen LogP contribution is 2.43. The van der Waals surface area contributed by atoms with E-state index in [1.807, 2.05) is 79.1 Å². The summed E-state index contributed by atoms with van der Waals surface area (Å²) in [6.07, 6.45) is 3.63. The first-order valence-corrected chi connectivity index (χ1v) is 16.6. The molecule has 0 saturated carbocycles. The van der Waals surface area contributed by atoms with E-state index in [2.05, 4.69) is 89.9 Å². The fourth-order valence-corrected chi connectivity index (χ4v) is 7.02. The fraction of sp³-hybridized carbons (Fsp3) is 0. The summed E-state index contributed by atoms with van der Waals surface area (Å²) in [6, 6.07) is 51.9. The Labute approximate surface area is 287 Å². The van der Waals surface area contributed by atoms with Crippen molar-refractivity contribution in [3.8, 4) is 56.2 Å². The minimum atomic E-state index is 0.651. The van der Waals surface area contributed by atoms with Gasteiger partial charge in [-0.2, -0.15) is 0 Å². The molecule has 0 atom stereocenters. The van der Waals surface area contributed by atoms with Crippen molar-refractivity contribution in [1.82, 2.24) is 15.0 Å². The van der Waals surface area contributed by atoms with Crippen molar-refractivity contribution in [2.24, 2.45) is 0 Å². The lowest BCUT2D eigenvalue weighted by molar-refractivity contribution is 0.669. The maximum Gasteiger partial charge on any atom is 0.160 e. The van der Waals surface area contributed by atoms with Crippen LogP contribution in [0.15, 0.2) is 173 Å². The molecule has 0 fully saturated rings. The highest BCUT2D eigenvalue weighted by molar-refractivity contribution is 6.17. The van der Waals surface area contributed by atoms with Crippen LogP contribution < -0.4 is 0 Å². The van der Waals surface area contributed by atoms with E-state index >= 15 is 0 Å². The van der Waals surface area contributed by atoms with Gasteiger partial charge in [-0.15, -0.1) is 0 Å². The first kappa shape index (κ1) is 28.2. The van der Waals surface area contributed by atoms with Gasteiger partial charge in [-0.25, -0.2) is 9.97 Å². The molecule has 5 heteroatoms. The van der Waals surface area contributed by atoms with E-state index in [1.165, 1.54) is 0 Å². The third-order valence-electron chi connectivity index (χ3n) is 9.42. The minimum absolute atomic E-state index is 0.651. The van der Waals surface area contributed by atoms with Crippen molar-refractivity contribution in [2.45, 2.75) is 0 Å².